The van der Waals surface area contributed by atoms with Crippen LogP contribution in [0.2, 0.25) is 0 Å². The number of benzene rings is 1. The van der Waals surface area contributed by atoms with Gasteiger partial charge in [-0.25, -0.2) is 0 Å². The number of hydrogen-bond acceptors (Lipinski definition) is 3. The highest BCUT2D eigenvalue weighted by molar-refractivity contribution is 5.79. The lowest BCUT2D eigenvalue weighted by Gasteiger charge is -2.32. The highest BCUT2D eigenvalue weighted by Crippen LogP contribution is 2.20. The zero-order valence-corrected chi connectivity index (χ0v) is 12.9. The maximum Gasteiger partial charge on any atom is 0.227 e. The van der Waals surface area contributed by atoms with Crippen molar-refractivity contribution in [2.24, 2.45) is 0 Å². The predicted molar refractivity (Wildman–Crippen MR) is 85.8 cm³/mol. The van der Waals surface area contributed by atoms with Crippen molar-refractivity contribution in [2.75, 3.05) is 44.2 Å². The number of piperazine rings is 1. The van der Waals surface area contributed by atoms with Gasteiger partial charge in [-0.2, -0.15) is 0 Å². The molecule has 2 fully saturated rings. The van der Waals surface area contributed by atoms with E-state index in [2.05, 4.69) is 29.2 Å². The van der Waals surface area contributed by atoms with Gasteiger partial charge in [-0.15, -0.1) is 0 Å². The van der Waals surface area contributed by atoms with Crippen molar-refractivity contribution in [1.29, 1.82) is 0 Å². The van der Waals surface area contributed by atoms with Crippen LogP contribution in [0, 0.1) is 0 Å². The predicted octanol–water partition coefficient (Wildman–Crippen LogP) is 1.13. The average Bonchev–Trinajstić information content (AvgIpc) is 3.10. The summed E-state index contributed by atoms with van der Waals surface area (Å²) in [6, 6.07) is 8.37. The summed E-state index contributed by atoms with van der Waals surface area (Å²) in [6.45, 7) is 4.84. The van der Waals surface area contributed by atoms with E-state index in [1.165, 1.54) is 18.5 Å². The summed E-state index contributed by atoms with van der Waals surface area (Å²) in [4.78, 5) is 29.0. The van der Waals surface area contributed by atoms with Crippen LogP contribution in [0.1, 0.15) is 18.4 Å². The Morgan fingerprint density at radius 2 is 1.59 bits per heavy atom. The molecule has 0 atom stereocenters. The number of amides is 2. The van der Waals surface area contributed by atoms with Crippen LogP contribution in [0.4, 0.5) is 5.69 Å². The first-order valence-corrected chi connectivity index (χ1v) is 8.07. The van der Waals surface area contributed by atoms with Crippen LogP contribution in [-0.2, 0) is 16.0 Å². The third kappa shape index (κ3) is 3.40. The molecular weight excluding hydrogens is 278 g/mol. The Balaban J connectivity index is 1.54. The number of anilines is 1. The van der Waals surface area contributed by atoms with Gasteiger partial charge in [-0.3, -0.25) is 9.59 Å². The molecule has 0 radical (unpaired) electrons. The first-order valence-electron chi connectivity index (χ1n) is 8.07. The molecule has 2 saturated heterocycles. The second-order valence-electron chi connectivity index (χ2n) is 6.06. The van der Waals surface area contributed by atoms with Crippen molar-refractivity contribution in [3.8, 4) is 0 Å². The fourth-order valence-electron chi connectivity index (χ4n) is 3.16. The van der Waals surface area contributed by atoms with E-state index in [-0.39, 0.29) is 5.91 Å². The summed E-state index contributed by atoms with van der Waals surface area (Å²) in [5.41, 5.74) is 2.32. The summed E-state index contributed by atoms with van der Waals surface area (Å²) in [5, 5.41) is 0. The monoisotopic (exact) mass is 301 g/mol. The summed E-state index contributed by atoms with van der Waals surface area (Å²) in [5.74, 6) is 0.152. The normalized spacial score (nSPS) is 18.6. The van der Waals surface area contributed by atoms with Gasteiger partial charge in [0.05, 0.1) is 6.42 Å². The molecule has 0 saturated carbocycles. The zero-order valence-electron chi connectivity index (χ0n) is 12.9. The Morgan fingerprint density at radius 1 is 0.955 bits per heavy atom. The van der Waals surface area contributed by atoms with Crippen LogP contribution < -0.4 is 4.90 Å². The second-order valence-corrected chi connectivity index (χ2v) is 6.06. The van der Waals surface area contributed by atoms with Crippen molar-refractivity contribution < 1.29 is 9.59 Å². The van der Waals surface area contributed by atoms with Crippen LogP contribution in [0.5, 0.6) is 0 Å². The molecule has 118 valence electrons. The third-order valence-electron chi connectivity index (χ3n) is 4.58. The Kier molecular flexibility index (Phi) is 4.61. The summed E-state index contributed by atoms with van der Waals surface area (Å²) < 4.78 is 0. The molecule has 0 aromatic heterocycles. The van der Waals surface area contributed by atoms with E-state index in [1.54, 1.807) is 4.90 Å². The number of carbonyl (C=O) groups is 2. The number of rotatable bonds is 4. The summed E-state index contributed by atoms with van der Waals surface area (Å²) >= 11 is 0. The molecule has 0 spiro atoms. The summed E-state index contributed by atoms with van der Waals surface area (Å²) in [6.07, 6.45) is 3.85. The first-order chi connectivity index (χ1) is 10.8. The quantitative estimate of drug-likeness (QED) is 0.783. The molecule has 2 amide bonds. The van der Waals surface area contributed by atoms with E-state index in [9.17, 15) is 9.59 Å². The molecular formula is C17H23N3O2. The lowest BCUT2D eigenvalue weighted by atomic mass is 10.1. The molecule has 0 unspecified atom stereocenters. The minimum absolute atomic E-state index is 0.152. The minimum Gasteiger partial charge on any atom is -0.372 e. The van der Waals surface area contributed by atoms with Gasteiger partial charge in [-0.05, 0) is 30.5 Å². The van der Waals surface area contributed by atoms with E-state index >= 15 is 0 Å². The Hall–Kier alpha value is -2.04. The lowest BCUT2D eigenvalue weighted by Crippen LogP contribution is -2.48. The van der Waals surface area contributed by atoms with Gasteiger partial charge in [0, 0.05) is 45.0 Å². The molecule has 1 aromatic carbocycles. The molecule has 22 heavy (non-hydrogen) atoms. The fraction of sp³-hybridized carbons (Fsp3) is 0.529. The second kappa shape index (κ2) is 6.81. The van der Waals surface area contributed by atoms with Crippen molar-refractivity contribution >= 4 is 18.0 Å². The van der Waals surface area contributed by atoms with Crippen LogP contribution in [0.25, 0.3) is 0 Å². The maximum absolute atomic E-state index is 12.3. The highest BCUT2D eigenvalue weighted by atomic mass is 16.2. The molecule has 5 heteroatoms. The minimum atomic E-state index is 0.152. The van der Waals surface area contributed by atoms with Crippen LogP contribution >= 0.6 is 0 Å². The van der Waals surface area contributed by atoms with Crippen LogP contribution in [-0.4, -0.2) is 61.4 Å². The van der Waals surface area contributed by atoms with Gasteiger partial charge < -0.3 is 14.7 Å². The van der Waals surface area contributed by atoms with Gasteiger partial charge in [0.15, 0.2) is 0 Å². The van der Waals surface area contributed by atoms with Crippen molar-refractivity contribution in [2.45, 2.75) is 19.3 Å². The van der Waals surface area contributed by atoms with E-state index < -0.39 is 0 Å². The van der Waals surface area contributed by atoms with Crippen LogP contribution in [0.15, 0.2) is 24.3 Å². The SMILES string of the molecule is O=CN1CCN(C(=O)Cc2ccc(N3CCCC3)cc2)CC1. The molecule has 2 aliphatic heterocycles. The number of nitrogens with zero attached hydrogens (tertiary/aromatic N) is 3. The van der Waals surface area contributed by atoms with E-state index in [4.69, 9.17) is 0 Å². The Morgan fingerprint density at radius 3 is 2.18 bits per heavy atom. The van der Waals surface area contributed by atoms with Crippen molar-refractivity contribution in [1.82, 2.24) is 9.80 Å². The molecule has 1 aromatic rings. The molecule has 2 heterocycles. The molecule has 0 bridgehead atoms. The smallest absolute Gasteiger partial charge is 0.227 e. The van der Waals surface area contributed by atoms with Crippen molar-refractivity contribution in [3.63, 3.8) is 0 Å². The van der Waals surface area contributed by atoms with Gasteiger partial charge in [0.1, 0.15) is 0 Å². The lowest BCUT2D eigenvalue weighted by molar-refractivity contribution is -0.134. The number of carbonyl (C=O) groups excluding carboxylic acids is 2. The van der Waals surface area contributed by atoms with E-state index in [0.717, 1.165) is 25.1 Å². The van der Waals surface area contributed by atoms with Gasteiger partial charge in [0.2, 0.25) is 12.3 Å². The third-order valence-corrected chi connectivity index (χ3v) is 4.58. The summed E-state index contributed by atoms with van der Waals surface area (Å²) in [7, 11) is 0. The average molecular weight is 301 g/mol. The molecule has 0 aliphatic carbocycles. The maximum atomic E-state index is 12.3. The first kappa shape index (κ1) is 14.9. The van der Waals surface area contributed by atoms with Gasteiger partial charge >= 0.3 is 0 Å². The molecule has 2 aliphatic rings. The molecule has 5 nitrogen and oxygen atoms in total. The Bertz CT molecular complexity index is 515. The van der Waals surface area contributed by atoms with Crippen molar-refractivity contribution in [3.05, 3.63) is 29.8 Å². The van der Waals surface area contributed by atoms with Gasteiger partial charge in [0.25, 0.3) is 0 Å². The highest BCUT2D eigenvalue weighted by Gasteiger charge is 2.20. The topological polar surface area (TPSA) is 43.9 Å². The van der Waals surface area contributed by atoms with E-state index in [0.29, 0.717) is 32.6 Å². The van der Waals surface area contributed by atoms with Crippen LogP contribution in [0.3, 0.4) is 0 Å². The Labute approximate surface area is 131 Å². The fourth-order valence-corrected chi connectivity index (χ4v) is 3.16. The largest absolute Gasteiger partial charge is 0.372 e. The standard InChI is InChI=1S/C17H23N3O2/c21-14-18-9-11-20(12-10-18)17(22)13-15-3-5-16(6-4-15)19-7-1-2-8-19/h3-6,14H,1-2,7-13H2. The zero-order chi connectivity index (χ0) is 15.4. The number of hydrogen-bond donors (Lipinski definition) is 0. The molecule has 3 rings (SSSR count). The van der Waals surface area contributed by atoms with E-state index in [1.807, 2.05) is 4.90 Å². The van der Waals surface area contributed by atoms with Gasteiger partial charge in [-0.1, -0.05) is 12.1 Å². The molecule has 0 N–H and O–H groups in total.